The average Bonchev–Trinajstić information content (AvgIpc) is 3.96. The predicted octanol–water partition coefficient (Wildman–Crippen LogP) is 17.7. The van der Waals surface area contributed by atoms with Crippen LogP contribution in [0.25, 0.3) is 130 Å². The highest BCUT2D eigenvalue weighted by Crippen LogP contribution is 2.45. The summed E-state index contributed by atoms with van der Waals surface area (Å²) in [5, 5.41) is 13.8. The number of hydrogen-bond acceptors (Lipinski definition) is 2. The molecular formula is C64H34N8. The van der Waals surface area contributed by atoms with Crippen molar-refractivity contribution in [2.75, 3.05) is 0 Å². The third-order valence-electron chi connectivity index (χ3n) is 13.4. The van der Waals surface area contributed by atoms with Crippen molar-refractivity contribution in [2.45, 2.75) is 0 Å². The molecule has 9 aromatic carbocycles. The Balaban J connectivity index is 1.17. The molecule has 0 saturated heterocycles. The molecule has 3 aromatic heterocycles. The summed E-state index contributed by atoms with van der Waals surface area (Å²) >= 11 is 0. The highest BCUT2D eigenvalue weighted by molar-refractivity contribution is 6.14. The Bertz CT molecular complexity index is 3990. The number of fused-ring (bicyclic) bond motifs is 6. The molecule has 0 aliphatic heterocycles. The molecule has 72 heavy (non-hydrogen) atoms. The lowest BCUT2D eigenvalue weighted by Gasteiger charge is -2.20. The van der Waals surface area contributed by atoms with Crippen molar-refractivity contribution in [2.24, 2.45) is 0 Å². The van der Waals surface area contributed by atoms with Crippen LogP contribution < -0.4 is 0 Å². The Hall–Kier alpha value is -10.8. The summed E-state index contributed by atoms with van der Waals surface area (Å²) < 4.78 is 4.52. The van der Waals surface area contributed by atoms with Gasteiger partial charge in [0.05, 0.1) is 83.8 Å². The molecule has 0 aliphatic rings. The van der Waals surface area contributed by atoms with Gasteiger partial charge in [-0.15, -0.1) is 0 Å². The lowest BCUT2D eigenvalue weighted by molar-refractivity contribution is 1.09. The summed E-state index contributed by atoms with van der Waals surface area (Å²) in [5.41, 5.74) is 17.3. The second kappa shape index (κ2) is 17.4. The average molecular weight is 915 g/mol. The molecule has 330 valence electrons. The molecule has 0 fully saturated rings. The van der Waals surface area contributed by atoms with Crippen molar-refractivity contribution < 1.29 is 0 Å². The highest BCUT2D eigenvalue weighted by atomic mass is 15.0. The Morgan fingerprint density at radius 3 is 1.00 bits per heavy atom. The van der Waals surface area contributed by atoms with Crippen LogP contribution in [-0.4, -0.2) is 14.1 Å². The minimum absolute atomic E-state index is 0.499. The highest BCUT2D eigenvalue weighted by Gasteiger charge is 2.24. The molecule has 3 heterocycles. The van der Waals surface area contributed by atoms with Gasteiger partial charge in [-0.05, 0) is 135 Å². The number of nitrogens with zero attached hydrogens (tertiary/aromatic N) is 8. The molecule has 0 radical (unpaired) electrons. The number of hydrogen-bond donors (Lipinski definition) is 0. The second-order valence-electron chi connectivity index (χ2n) is 17.5. The maximum atomic E-state index is 9.83. The standard InChI is InChI=1S/C64H34N8/c1-66-50-16-6-12-42(29-50)46-21-25-59-55(34-46)54-33-45(41-11-5-10-40(28-41)37-65)20-24-58(54)71(59)62-38-70-39-63(64(62)49-15-9-19-53(32-49)69-4)72-60-26-22-47(43-13-7-17-51(30-43)67-2)35-56(60)57-36-48(23-27-61(57)72)44-14-8-18-52(31-44)68-3/h5-36,38-39H. The van der Waals surface area contributed by atoms with Crippen molar-refractivity contribution in [1.82, 2.24) is 14.1 Å². The lowest BCUT2D eigenvalue weighted by atomic mass is 9.99. The van der Waals surface area contributed by atoms with E-state index in [1.54, 1.807) is 0 Å². The van der Waals surface area contributed by atoms with Gasteiger partial charge in [-0.3, -0.25) is 4.98 Å². The Labute approximate surface area is 414 Å². The number of benzene rings is 9. The van der Waals surface area contributed by atoms with E-state index in [1.807, 2.05) is 134 Å². The Morgan fingerprint density at radius 1 is 0.347 bits per heavy atom. The molecular weight excluding hydrogens is 881 g/mol. The van der Waals surface area contributed by atoms with E-state index in [-0.39, 0.29) is 0 Å². The van der Waals surface area contributed by atoms with E-state index in [4.69, 9.17) is 31.3 Å². The van der Waals surface area contributed by atoms with E-state index >= 15 is 0 Å². The number of pyridine rings is 1. The van der Waals surface area contributed by atoms with Gasteiger partial charge in [-0.1, -0.05) is 109 Å². The van der Waals surface area contributed by atoms with Crippen molar-refractivity contribution in [3.63, 3.8) is 0 Å². The molecule has 0 N–H and O–H groups in total. The zero-order chi connectivity index (χ0) is 48.9. The van der Waals surface area contributed by atoms with E-state index in [0.717, 1.165) is 111 Å². The van der Waals surface area contributed by atoms with Crippen LogP contribution in [0.5, 0.6) is 0 Å². The molecule has 0 aliphatic carbocycles. The molecule has 0 bridgehead atoms. The molecule has 0 spiro atoms. The molecule has 12 aromatic rings. The van der Waals surface area contributed by atoms with Gasteiger partial charge >= 0.3 is 0 Å². The molecule has 0 atom stereocenters. The first kappa shape index (κ1) is 42.5. The first-order chi connectivity index (χ1) is 35.4. The van der Waals surface area contributed by atoms with Crippen LogP contribution >= 0.6 is 0 Å². The maximum Gasteiger partial charge on any atom is 0.187 e. The van der Waals surface area contributed by atoms with Crippen molar-refractivity contribution >= 4 is 66.4 Å². The van der Waals surface area contributed by atoms with Crippen LogP contribution in [0.1, 0.15) is 5.56 Å². The van der Waals surface area contributed by atoms with Gasteiger partial charge in [0.15, 0.2) is 22.7 Å². The number of aromatic nitrogens is 3. The smallest absolute Gasteiger partial charge is 0.187 e. The van der Waals surface area contributed by atoms with Crippen LogP contribution in [0.2, 0.25) is 0 Å². The quantitative estimate of drug-likeness (QED) is 0.150. The fraction of sp³-hybridized carbons (Fsp3) is 0. The minimum Gasteiger partial charge on any atom is -0.307 e. The zero-order valence-corrected chi connectivity index (χ0v) is 38.2. The minimum atomic E-state index is 0.499. The zero-order valence-electron chi connectivity index (χ0n) is 38.2. The van der Waals surface area contributed by atoms with E-state index in [0.29, 0.717) is 28.3 Å². The Kier molecular flexibility index (Phi) is 10.3. The molecule has 12 rings (SSSR count). The number of nitriles is 1. The monoisotopic (exact) mass is 914 g/mol. The van der Waals surface area contributed by atoms with E-state index in [1.165, 1.54) is 0 Å². The van der Waals surface area contributed by atoms with Crippen LogP contribution in [0.3, 0.4) is 0 Å². The lowest BCUT2D eigenvalue weighted by Crippen LogP contribution is -2.05. The van der Waals surface area contributed by atoms with Crippen molar-refractivity contribution in [3.8, 4) is 73.1 Å². The van der Waals surface area contributed by atoms with Crippen molar-refractivity contribution in [1.29, 1.82) is 5.26 Å². The summed E-state index contributed by atoms with van der Waals surface area (Å²) in [4.78, 5) is 20.1. The first-order valence-electron chi connectivity index (χ1n) is 23.0. The summed E-state index contributed by atoms with van der Waals surface area (Å²) in [6.45, 7) is 31.3. The summed E-state index contributed by atoms with van der Waals surface area (Å²) in [5.74, 6) is 0. The van der Waals surface area contributed by atoms with Gasteiger partial charge < -0.3 is 9.13 Å². The second-order valence-corrected chi connectivity index (χ2v) is 17.5. The normalized spacial score (nSPS) is 11.0. The van der Waals surface area contributed by atoms with Gasteiger partial charge in [0.25, 0.3) is 0 Å². The van der Waals surface area contributed by atoms with Crippen LogP contribution in [0, 0.1) is 37.6 Å². The van der Waals surface area contributed by atoms with Crippen LogP contribution in [0.4, 0.5) is 22.7 Å². The van der Waals surface area contributed by atoms with Gasteiger partial charge in [0.1, 0.15) is 0 Å². The third-order valence-corrected chi connectivity index (χ3v) is 13.4. The van der Waals surface area contributed by atoms with Gasteiger partial charge in [0.2, 0.25) is 0 Å². The topological polar surface area (TPSA) is 64.0 Å². The summed E-state index contributed by atoms with van der Waals surface area (Å²) in [7, 11) is 0. The van der Waals surface area contributed by atoms with Crippen LogP contribution in [-0.2, 0) is 0 Å². The molecule has 0 amide bonds. The number of rotatable bonds is 7. The molecule has 8 heteroatoms. The van der Waals surface area contributed by atoms with Gasteiger partial charge in [0, 0.05) is 27.1 Å². The van der Waals surface area contributed by atoms with Crippen LogP contribution in [0.15, 0.2) is 207 Å². The van der Waals surface area contributed by atoms with Crippen molar-refractivity contribution in [3.05, 3.63) is 258 Å². The Morgan fingerprint density at radius 2 is 0.653 bits per heavy atom. The van der Waals surface area contributed by atoms with E-state index in [2.05, 4.69) is 107 Å². The largest absolute Gasteiger partial charge is 0.307 e. The fourth-order valence-corrected chi connectivity index (χ4v) is 10.1. The SMILES string of the molecule is [C-]#[N+]c1cccc(-c2ccc3c(c2)c2cc(-c4cccc(C#N)c4)ccc2n3-c2cncc(-n3c4ccc(-c5cccc([N+]#[C-])c5)cc4c4cc(-c5cccc([N+]#[C-])c5)ccc43)c2-c2cccc([N+]#[C-])c2)c1. The predicted molar refractivity (Wildman–Crippen MR) is 290 cm³/mol. The summed E-state index contributed by atoms with van der Waals surface area (Å²) in [6.07, 6.45) is 3.80. The van der Waals surface area contributed by atoms with Gasteiger partial charge in [-0.2, -0.15) is 5.26 Å². The maximum absolute atomic E-state index is 9.83. The van der Waals surface area contributed by atoms with E-state index < -0.39 is 0 Å². The summed E-state index contributed by atoms with van der Waals surface area (Å²) in [6, 6.07) is 66.3. The molecule has 0 saturated carbocycles. The van der Waals surface area contributed by atoms with E-state index in [9.17, 15) is 5.26 Å². The van der Waals surface area contributed by atoms with Gasteiger partial charge in [-0.25, -0.2) is 19.4 Å². The molecule has 0 unspecified atom stereocenters. The fourth-order valence-electron chi connectivity index (χ4n) is 10.1. The molecule has 8 nitrogen and oxygen atoms in total. The first-order valence-corrected chi connectivity index (χ1v) is 23.0. The third kappa shape index (κ3) is 7.17.